The molecule has 0 aliphatic heterocycles. The van der Waals surface area contributed by atoms with E-state index in [2.05, 4.69) is 10.1 Å². The number of hydrogen-bond acceptors (Lipinski definition) is 4. The van der Waals surface area contributed by atoms with Gasteiger partial charge >= 0.3 is 12.6 Å². The Labute approximate surface area is 130 Å². The highest BCUT2D eigenvalue weighted by molar-refractivity contribution is 5.91. The normalized spacial score (nSPS) is 10.3. The standard InChI is InChI=1S/C16H13F2NO4/c1-10(20)19-12-4-8-13(9-5-12)22-15(21)11-2-6-14(7-3-11)23-16(17)18/h2-9,16H,1H3,(H,19,20). The maximum absolute atomic E-state index is 12.0. The van der Waals surface area contributed by atoms with Crippen molar-refractivity contribution >= 4 is 17.6 Å². The summed E-state index contributed by atoms with van der Waals surface area (Å²) in [6.45, 7) is -1.54. The van der Waals surface area contributed by atoms with Crippen LogP contribution in [0, 0.1) is 0 Å². The minimum absolute atomic E-state index is 0.0452. The van der Waals surface area contributed by atoms with E-state index in [-0.39, 0.29) is 23.0 Å². The zero-order valence-electron chi connectivity index (χ0n) is 12.1. The number of halogens is 2. The number of benzene rings is 2. The van der Waals surface area contributed by atoms with E-state index in [1.165, 1.54) is 43.3 Å². The molecule has 0 aliphatic rings. The zero-order chi connectivity index (χ0) is 16.8. The van der Waals surface area contributed by atoms with Gasteiger partial charge in [0.2, 0.25) is 5.91 Å². The fourth-order valence-electron chi connectivity index (χ4n) is 1.75. The van der Waals surface area contributed by atoms with Gasteiger partial charge in [0, 0.05) is 12.6 Å². The summed E-state index contributed by atoms with van der Waals surface area (Å²) < 4.78 is 33.4. The van der Waals surface area contributed by atoms with Crippen LogP contribution in [0.25, 0.3) is 0 Å². The fourth-order valence-corrected chi connectivity index (χ4v) is 1.75. The Morgan fingerprint density at radius 2 is 1.52 bits per heavy atom. The molecule has 2 rings (SSSR count). The zero-order valence-corrected chi connectivity index (χ0v) is 12.1. The number of carbonyl (C=O) groups excluding carboxylic acids is 2. The van der Waals surface area contributed by atoms with Gasteiger partial charge in [-0.2, -0.15) is 8.78 Å². The SMILES string of the molecule is CC(=O)Nc1ccc(OC(=O)c2ccc(OC(F)F)cc2)cc1. The van der Waals surface area contributed by atoms with Crippen molar-refractivity contribution in [2.45, 2.75) is 13.5 Å². The maximum atomic E-state index is 12.0. The fraction of sp³-hybridized carbons (Fsp3) is 0.125. The first-order valence-electron chi connectivity index (χ1n) is 6.59. The molecule has 0 atom stereocenters. The van der Waals surface area contributed by atoms with Crippen molar-refractivity contribution in [3.63, 3.8) is 0 Å². The van der Waals surface area contributed by atoms with E-state index in [0.717, 1.165) is 0 Å². The van der Waals surface area contributed by atoms with Gasteiger partial charge in [0.15, 0.2) is 0 Å². The van der Waals surface area contributed by atoms with Crippen molar-refractivity contribution in [3.8, 4) is 11.5 Å². The summed E-state index contributed by atoms with van der Waals surface area (Å²) in [7, 11) is 0. The van der Waals surface area contributed by atoms with Crippen LogP contribution in [-0.2, 0) is 4.79 Å². The van der Waals surface area contributed by atoms with E-state index in [4.69, 9.17) is 4.74 Å². The second-order valence-corrected chi connectivity index (χ2v) is 4.50. The average molecular weight is 321 g/mol. The number of esters is 1. The Kier molecular flexibility index (Phi) is 5.24. The lowest BCUT2D eigenvalue weighted by Gasteiger charge is -2.07. The molecule has 0 saturated carbocycles. The number of carbonyl (C=O) groups is 2. The average Bonchev–Trinajstić information content (AvgIpc) is 2.49. The predicted molar refractivity (Wildman–Crippen MR) is 78.8 cm³/mol. The van der Waals surface area contributed by atoms with Gasteiger partial charge in [0.1, 0.15) is 11.5 Å². The molecular formula is C16H13F2NO4. The number of rotatable bonds is 5. The summed E-state index contributed by atoms with van der Waals surface area (Å²) >= 11 is 0. The molecule has 0 heterocycles. The van der Waals surface area contributed by atoms with Crippen LogP contribution in [0.2, 0.25) is 0 Å². The molecule has 7 heteroatoms. The maximum Gasteiger partial charge on any atom is 0.387 e. The van der Waals surface area contributed by atoms with Crippen LogP contribution in [-0.4, -0.2) is 18.5 Å². The van der Waals surface area contributed by atoms with Crippen molar-refractivity contribution in [3.05, 3.63) is 54.1 Å². The van der Waals surface area contributed by atoms with Gasteiger partial charge in [-0.3, -0.25) is 4.79 Å². The van der Waals surface area contributed by atoms with E-state index >= 15 is 0 Å². The van der Waals surface area contributed by atoms with Crippen LogP contribution < -0.4 is 14.8 Å². The molecule has 5 nitrogen and oxygen atoms in total. The molecule has 0 bridgehead atoms. The van der Waals surface area contributed by atoms with Gasteiger partial charge < -0.3 is 14.8 Å². The molecule has 0 saturated heterocycles. The first kappa shape index (κ1) is 16.4. The van der Waals surface area contributed by atoms with Crippen LogP contribution in [0.3, 0.4) is 0 Å². The van der Waals surface area contributed by atoms with Crippen molar-refractivity contribution in [2.24, 2.45) is 0 Å². The van der Waals surface area contributed by atoms with E-state index in [1.807, 2.05) is 0 Å². The van der Waals surface area contributed by atoms with E-state index < -0.39 is 12.6 Å². The largest absolute Gasteiger partial charge is 0.435 e. The van der Waals surface area contributed by atoms with Crippen LogP contribution in [0.4, 0.5) is 14.5 Å². The van der Waals surface area contributed by atoms with Gasteiger partial charge in [0.25, 0.3) is 0 Å². The Hall–Kier alpha value is -2.96. The number of hydrogen-bond donors (Lipinski definition) is 1. The third-order valence-electron chi connectivity index (χ3n) is 2.70. The number of alkyl halides is 2. The lowest BCUT2D eigenvalue weighted by molar-refractivity contribution is -0.114. The minimum atomic E-state index is -2.92. The lowest BCUT2D eigenvalue weighted by atomic mass is 10.2. The summed E-state index contributed by atoms with van der Waals surface area (Å²) in [4.78, 5) is 22.8. The van der Waals surface area contributed by atoms with Crippen molar-refractivity contribution in [1.82, 2.24) is 0 Å². The van der Waals surface area contributed by atoms with Gasteiger partial charge in [-0.05, 0) is 48.5 Å². The van der Waals surface area contributed by atoms with Gasteiger partial charge in [-0.25, -0.2) is 4.79 Å². The number of anilines is 1. The third-order valence-corrected chi connectivity index (χ3v) is 2.70. The first-order chi connectivity index (χ1) is 10.9. The summed E-state index contributed by atoms with van der Waals surface area (Å²) in [6.07, 6.45) is 0. The summed E-state index contributed by atoms with van der Waals surface area (Å²) in [5, 5.41) is 2.58. The Balaban J connectivity index is 1.99. The van der Waals surface area contributed by atoms with E-state index in [1.54, 1.807) is 12.1 Å². The molecule has 0 aromatic heterocycles. The highest BCUT2D eigenvalue weighted by Gasteiger charge is 2.10. The second-order valence-electron chi connectivity index (χ2n) is 4.50. The second kappa shape index (κ2) is 7.35. The highest BCUT2D eigenvalue weighted by atomic mass is 19.3. The molecule has 120 valence electrons. The minimum Gasteiger partial charge on any atom is -0.435 e. The van der Waals surface area contributed by atoms with Crippen LogP contribution in [0.15, 0.2) is 48.5 Å². The number of ether oxygens (including phenoxy) is 2. The van der Waals surface area contributed by atoms with Crippen molar-refractivity contribution < 1.29 is 27.8 Å². The van der Waals surface area contributed by atoms with Crippen LogP contribution >= 0.6 is 0 Å². The van der Waals surface area contributed by atoms with Crippen molar-refractivity contribution in [2.75, 3.05) is 5.32 Å². The molecular weight excluding hydrogens is 308 g/mol. The molecule has 1 amide bonds. The van der Waals surface area contributed by atoms with Gasteiger partial charge in [-0.1, -0.05) is 0 Å². The Morgan fingerprint density at radius 1 is 0.957 bits per heavy atom. The van der Waals surface area contributed by atoms with Crippen LogP contribution in [0.1, 0.15) is 17.3 Å². The molecule has 1 N–H and O–H groups in total. The quantitative estimate of drug-likeness (QED) is 0.676. The third kappa shape index (κ3) is 5.06. The summed E-state index contributed by atoms with van der Waals surface area (Å²) in [5.74, 6) is -0.602. The number of amides is 1. The van der Waals surface area contributed by atoms with E-state index in [0.29, 0.717) is 5.69 Å². The predicted octanol–water partition coefficient (Wildman–Crippen LogP) is 3.47. The summed E-state index contributed by atoms with van der Waals surface area (Å²) in [5.41, 5.74) is 0.767. The monoisotopic (exact) mass is 321 g/mol. The Bertz CT molecular complexity index is 684. The number of nitrogens with one attached hydrogen (secondary N) is 1. The summed E-state index contributed by atoms with van der Waals surface area (Å²) in [6, 6.07) is 11.4. The van der Waals surface area contributed by atoms with Crippen molar-refractivity contribution in [1.29, 1.82) is 0 Å². The molecule has 2 aromatic carbocycles. The molecule has 2 aromatic rings. The lowest BCUT2D eigenvalue weighted by Crippen LogP contribution is -2.09. The first-order valence-corrected chi connectivity index (χ1v) is 6.59. The molecule has 0 fully saturated rings. The van der Waals surface area contributed by atoms with Gasteiger partial charge in [0.05, 0.1) is 5.56 Å². The topological polar surface area (TPSA) is 64.6 Å². The molecule has 0 unspecified atom stereocenters. The molecule has 23 heavy (non-hydrogen) atoms. The molecule has 0 spiro atoms. The van der Waals surface area contributed by atoms with Gasteiger partial charge in [-0.15, -0.1) is 0 Å². The molecule has 0 aliphatic carbocycles. The van der Waals surface area contributed by atoms with E-state index in [9.17, 15) is 18.4 Å². The Morgan fingerprint density at radius 3 is 2.04 bits per heavy atom. The molecule has 0 radical (unpaired) electrons. The van der Waals surface area contributed by atoms with Crippen LogP contribution in [0.5, 0.6) is 11.5 Å². The smallest absolute Gasteiger partial charge is 0.387 e. The highest BCUT2D eigenvalue weighted by Crippen LogP contribution is 2.19.